The van der Waals surface area contributed by atoms with Crippen LogP contribution >= 0.6 is 22.7 Å². The molecule has 0 atom stereocenters. The molecular formula is C16H14F2N2O2S3. The first-order valence-corrected chi connectivity index (χ1v) is 10.3. The first kappa shape index (κ1) is 18.0. The van der Waals surface area contributed by atoms with Crippen LogP contribution in [0.1, 0.15) is 15.4 Å². The third-order valence-corrected chi connectivity index (χ3v) is 7.50. The van der Waals surface area contributed by atoms with Gasteiger partial charge in [-0.15, -0.1) is 22.7 Å². The van der Waals surface area contributed by atoms with Crippen molar-refractivity contribution < 1.29 is 17.2 Å². The van der Waals surface area contributed by atoms with Crippen molar-refractivity contribution in [3.05, 3.63) is 51.3 Å². The molecule has 2 aromatic heterocycles. The van der Waals surface area contributed by atoms with Crippen LogP contribution in [0.5, 0.6) is 0 Å². The summed E-state index contributed by atoms with van der Waals surface area (Å²) in [5, 5.41) is 0.761. The number of nitrogens with zero attached hydrogens (tertiary/aromatic N) is 1. The van der Waals surface area contributed by atoms with Crippen molar-refractivity contribution in [2.24, 2.45) is 0 Å². The van der Waals surface area contributed by atoms with Gasteiger partial charge in [-0.2, -0.15) is 0 Å². The van der Waals surface area contributed by atoms with Crippen LogP contribution in [-0.4, -0.2) is 13.4 Å². The lowest BCUT2D eigenvalue weighted by Gasteiger charge is -2.07. The number of hydrogen-bond acceptors (Lipinski definition) is 5. The van der Waals surface area contributed by atoms with Gasteiger partial charge in [-0.3, -0.25) is 4.72 Å². The summed E-state index contributed by atoms with van der Waals surface area (Å²) in [6.07, 6.45) is 0. The second kappa shape index (κ2) is 6.47. The van der Waals surface area contributed by atoms with Crippen molar-refractivity contribution in [1.82, 2.24) is 4.98 Å². The predicted octanol–water partition coefficient (Wildman–Crippen LogP) is 4.88. The lowest BCUT2D eigenvalue weighted by atomic mass is 10.3. The Kier molecular flexibility index (Phi) is 4.65. The Balaban J connectivity index is 1.96. The first-order valence-electron chi connectivity index (χ1n) is 7.20. The Bertz CT molecular complexity index is 1040. The molecular weight excluding hydrogens is 386 g/mol. The molecule has 0 fully saturated rings. The maximum absolute atomic E-state index is 13.3. The van der Waals surface area contributed by atoms with E-state index in [-0.39, 0.29) is 10.6 Å². The summed E-state index contributed by atoms with van der Waals surface area (Å²) in [4.78, 5) is 6.97. The number of thiazole rings is 1. The fraction of sp³-hybridized carbons (Fsp3) is 0.188. The zero-order valence-corrected chi connectivity index (χ0v) is 16.0. The smallest absolute Gasteiger partial charge is 0.263 e. The van der Waals surface area contributed by atoms with Gasteiger partial charge in [0.25, 0.3) is 10.0 Å². The van der Waals surface area contributed by atoms with Gasteiger partial charge in [-0.1, -0.05) is 0 Å². The molecule has 0 amide bonds. The SMILES string of the molecule is Cc1nc(-c2cc(S(=O)(=O)Nc3ccc(F)c(F)c3)c(C)s2)sc1C. The number of aryl methyl sites for hydroxylation is 3. The Hall–Kier alpha value is -1.84. The third kappa shape index (κ3) is 3.58. The Labute approximate surface area is 152 Å². The van der Waals surface area contributed by atoms with Gasteiger partial charge in [0.05, 0.1) is 16.3 Å². The third-order valence-electron chi connectivity index (χ3n) is 3.57. The van der Waals surface area contributed by atoms with Gasteiger partial charge in [0.2, 0.25) is 0 Å². The molecule has 2 heterocycles. The molecule has 0 aliphatic rings. The van der Waals surface area contributed by atoms with Crippen molar-refractivity contribution in [3.63, 3.8) is 0 Å². The number of aromatic nitrogens is 1. The molecule has 25 heavy (non-hydrogen) atoms. The number of halogens is 2. The Morgan fingerprint density at radius 2 is 1.72 bits per heavy atom. The number of thiophene rings is 1. The van der Waals surface area contributed by atoms with Gasteiger partial charge in [-0.05, 0) is 39.0 Å². The quantitative estimate of drug-likeness (QED) is 0.679. The number of benzene rings is 1. The molecule has 1 N–H and O–H groups in total. The second-order valence-electron chi connectivity index (χ2n) is 5.43. The van der Waals surface area contributed by atoms with Gasteiger partial charge < -0.3 is 0 Å². The summed E-state index contributed by atoms with van der Waals surface area (Å²) >= 11 is 2.83. The first-order chi connectivity index (χ1) is 11.7. The van der Waals surface area contributed by atoms with Gasteiger partial charge in [-0.25, -0.2) is 22.2 Å². The molecule has 4 nitrogen and oxygen atoms in total. The van der Waals surface area contributed by atoms with Crippen LogP contribution in [0.25, 0.3) is 9.88 Å². The minimum Gasteiger partial charge on any atom is -0.279 e. The molecule has 132 valence electrons. The van der Waals surface area contributed by atoms with Crippen LogP contribution in [0.3, 0.4) is 0 Å². The largest absolute Gasteiger partial charge is 0.279 e. The fourth-order valence-electron chi connectivity index (χ4n) is 2.19. The van der Waals surface area contributed by atoms with E-state index in [1.54, 1.807) is 13.0 Å². The number of anilines is 1. The summed E-state index contributed by atoms with van der Waals surface area (Å²) < 4.78 is 53.8. The fourth-order valence-corrected chi connectivity index (χ4v) is 5.79. The lowest BCUT2D eigenvalue weighted by molar-refractivity contribution is 0.509. The predicted molar refractivity (Wildman–Crippen MR) is 96.8 cm³/mol. The molecule has 0 saturated carbocycles. The van der Waals surface area contributed by atoms with Crippen molar-refractivity contribution in [2.45, 2.75) is 25.7 Å². The molecule has 0 radical (unpaired) electrons. The maximum atomic E-state index is 13.3. The van der Waals surface area contributed by atoms with Crippen molar-refractivity contribution in [2.75, 3.05) is 4.72 Å². The van der Waals surface area contributed by atoms with E-state index in [0.717, 1.165) is 32.6 Å². The summed E-state index contributed by atoms with van der Waals surface area (Å²) in [7, 11) is -3.92. The minimum absolute atomic E-state index is 0.0352. The summed E-state index contributed by atoms with van der Waals surface area (Å²) in [5.74, 6) is -2.15. The number of hydrogen-bond donors (Lipinski definition) is 1. The highest BCUT2D eigenvalue weighted by molar-refractivity contribution is 7.93. The summed E-state index contributed by atoms with van der Waals surface area (Å²) in [6.45, 7) is 5.55. The molecule has 9 heteroatoms. The van der Waals surface area contributed by atoms with Crippen LogP contribution in [0.4, 0.5) is 14.5 Å². The summed E-state index contributed by atoms with van der Waals surface area (Å²) in [6, 6.07) is 4.41. The lowest BCUT2D eigenvalue weighted by Crippen LogP contribution is -2.13. The van der Waals surface area contributed by atoms with Crippen molar-refractivity contribution in [3.8, 4) is 9.88 Å². The van der Waals surface area contributed by atoms with Crippen LogP contribution in [0.15, 0.2) is 29.2 Å². The number of sulfonamides is 1. The van der Waals surface area contributed by atoms with E-state index in [0.29, 0.717) is 4.88 Å². The number of rotatable bonds is 4. The monoisotopic (exact) mass is 400 g/mol. The summed E-state index contributed by atoms with van der Waals surface area (Å²) in [5.41, 5.74) is 0.877. The molecule has 0 spiro atoms. The second-order valence-corrected chi connectivity index (χ2v) is 9.54. The highest BCUT2D eigenvalue weighted by atomic mass is 32.2. The Morgan fingerprint density at radius 3 is 2.32 bits per heavy atom. The molecule has 0 saturated heterocycles. The molecule has 0 aliphatic heterocycles. The molecule has 3 rings (SSSR count). The molecule has 0 unspecified atom stereocenters. The average molecular weight is 400 g/mol. The molecule has 0 bridgehead atoms. The van der Waals surface area contributed by atoms with E-state index < -0.39 is 21.7 Å². The average Bonchev–Trinajstić information content (AvgIpc) is 3.07. The van der Waals surface area contributed by atoms with E-state index in [4.69, 9.17) is 0 Å². The highest BCUT2D eigenvalue weighted by Crippen LogP contribution is 2.37. The van der Waals surface area contributed by atoms with E-state index in [1.165, 1.54) is 28.7 Å². The zero-order chi connectivity index (χ0) is 18.4. The maximum Gasteiger partial charge on any atom is 0.263 e. The van der Waals surface area contributed by atoms with Crippen LogP contribution in [-0.2, 0) is 10.0 Å². The van der Waals surface area contributed by atoms with Gasteiger partial charge in [0.15, 0.2) is 11.6 Å². The molecule has 1 aromatic carbocycles. The van der Waals surface area contributed by atoms with Gasteiger partial charge in [0, 0.05) is 15.8 Å². The number of nitrogens with one attached hydrogen (secondary N) is 1. The van der Waals surface area contributed by atoms with Crippen molar-refractivity contribution >= 4 is 38.4 Å². The standard InChI is InChI=1S/C16H14F2N2O2S3/c1-8-9(2)24-16(19-8)14-7-15(10(3)23-14)25(21,22)20-11-4-5-12(17)13(18)6-11/h4-7,20H,1-3H3. The Morgan fingerprint density at radius 1 is 1.00 bits per heavy atom. The van der Waals surface area contributed by atoms with Crippen LogP contribution < -0.4 is 4.72 Å². The topological polar surface area (TPSA) is 59.1 Å². The minimum atomic E-state index is -3.92. The van der Waals surface area contributed by atoms with E-state index >= 15 is 0 Å². The van der Waals surface area contributed by atoms with E-state index in [9.17, 15) is 17.2 Å². The van der Waals surface area contributed by atoms with Crippen molar-refractivity contribution in [1.29, 1.82) is 0 Å². The molecule has 0 aliphatic carbocycles. The highest BCUT2D eigenvalue weighted by Gasteiger charge is 2.22. The molecule has 3 aromatic rings. The van der Waals surface area contributed by atoms with Gasteiger partial charge in [0.1, 0.15) is 9.90 Å². The van der Waals surface area contributed by atoms with Crippen LogP contribution in [0, 0.1) is 32.4 Å². The van der Waals surface area contributed by atoms with E-state index in [2.05, 4.69) is 9.71 Å². The normalized spacial score (nSPS) is 11.7. The van der Waals surface area contributed by atoms with Gasteiger partial charge >= 0.3 is 0 Å². The van der Waals surface area contributed by atoms with E-state index in [1.807, 2.05) is 13.8 Å². The zero-order valence-electron chi connectivity index (χ0n) is 13.6. The van der Waals surface area contributed by atoms with Crippen LogP contribution in [0.2, 0.25) is 0 Å².